The predicted molar refractivity (Wildman–Crippen MR) is 103 cm³/mol. The number of nitrogens with zero attached hydrogens (tertiary/aromatic N) is 2. The van der Waals surface area contributed by atoms with Crippen LogP contribution in [0.4, 0.5) is 18.0 Å². The quantitative estimate of drug-likeness (QED) is 0.622. The van der Waals surface area contributed by atoms with Crippen LogP contribution in [0.2, 0.25) is 0 Å². The third kappa shape index (κ3) is 6.53. The molecule has 2 unspecified atom stereocenters. The molecule has 1 aliphatic rings. The maximum atomic E-state index is 12.2. The highest BCUT2D eigenvalue weighted by Gasteiger charge is 2.33. The topological polar surface area (TPSA) is 128 Å². The zero-order valence-electron chi connectivity index (χ0n) is 16.9. The highest BCUT2D eigenvalue weighted by atomic mass is 19.4. The van der Waals surface area contributed by atoms with Crippen LogP contribution in [0.5, 0.6) is 11.5 Å². The van der Waals surface area contributed by atoms with Crippen LogP contribution in [0.1, 0.15) is 29.1 Å². The van der Waals surface area contributed by atoms with Crippen LogP contribution in [-0.4, -0.2) is 53.2 Å². The molecule has 2 aromatic rings. The number of hydrogen-bond acceptors (Lipinski definition) is 6. The molecule has 2 atom stereocenters. The van der Waals surface area contributed by atoms with E-state index in [0.717, 1.165) is 12.1 Å². The molecule has 174 valence electrons. The van der Waals surface area contributed by atoms with Crippen LogP contribution in [0.15, 0.2) is 34.9 Å². The molecule has 32 heavy (non-hydrogen) atoms. The SMILES string of the molecule is NC(=O)c1cc(CC2CN(C(=O)O)CCC2CCOc2ccc(OC(F)(F)F)cc2)on1. The summed E-state index contributed by atoms with van der Waals surface area (Å²) in [6.45, 7) is 0.954. The molecule has 1 fully saturated rings. The van der Waals surface area contributed by atoms with Gasteiger partial charge < -0.3 is 29.7 Å². The summed E-state index contributed by atoms with van der Waals surface area (Å²) in [6.07, 6.45) is -4.20. The van der Waals surface area contributed by atoms with Crippen LogP contribution in [0, 0.1) is 11.8 Å². The molecule has 3 N–H and O–H groups in total. The summed E-state index contributed by atoms with van der Waals surface area (Å²) in [4.78, 5) is 23.9. The van der Waals surface area contributed by atoms with Crippen LogP contribution in [-0.2, 0) is 6.42 Å². The Morgan fingerprint density at radius 1 is 1.22 bits per heavy atom. The molecule has 1 aromatic carbocycles. The Kier molecular flexibility index (Phi) is 7.11. The first kappa shape index (κ1) is 23.2. The second kappa shape index (κ2) is 9.79. The van der Waals surface area contributed by atoms with Gasteiger partial charge in [0.25, 0.3) is 5.91 Å². The minimum Gasteiger partial charge on any atom is -0.494 e. The first-order chi connectivity index (χ1) is 15.1. The number of alkyl halides is 3. The second-order valence-electron chi connectivity index (χ2n) is 7.44. The number of carbonyl (C=O) groups excluding carboxylic acids is 1. The molecule has 0 saturated carbocycles. The van der Waals surface area contributed by atoms with Crippen molar-refractivity contribution in [3.63, 3.8) is 0 Å². The van der Waals surface area contributed by atoms with Gasteiger partial charge in [-0.2, -0.15) is 0 Å². The largest absolute Gasteiger partial charge is 0.573 e. The van der Waals surface area contributed by atoms with Crippen molar-refractivity contribution >= 4 is 12.0 Å². The zero-order valence-corrected chi connectivity index (χ0v) is 16.9. The van der Waals surface area contributed by atoms with Crippen molar-refractivity contribution in [2.75, 3.05) is 19.7 Å². The average Bonchev–Trinajstić information content (AvgIpc) is 3.18. The summed E-state index contributed by atoms with van der Waals surface area (Å²) in [5.41, 5.74) is 5.19. The molecule has 1 aromatic heterocycles. The number of carbonyl (C=O) groups is 2. The van der Waals surface area contributed by atoms with Gasteiger partial charge in [0.2, 0.25) is 0 Å². The van der Waals surface area contributed by atoms with Gasteiger partial charge in [-0.05, 0) is 48.9 Å². The van der Waals surface area contributed by atoms with E-state index in [9.17, 15) is 27.9 Å². The Labute approximate surface area is 180 Å². The molecule has 0 bridgehead atoms. The van der Waals surface area contributed by atoms with Gasteiger partial charge in [0.15, 0.2) is 5.69 Å². The molecule has 3 rings (SSSR count). The van der Waals surface area contributed by atoms with Crippen LogP contribution in [0.3, 0.4) is 0 Å². The van der Waals surface area contributed by atoms with E-state index < -0.39 is 18.4 Å². The highest BCUT2D eigenvalue weighted by Crippen LogP contribution is 2.30. The number of ether oxygens (including phenoxy) is 2. The average molecular weight is 457 g/mol. The van der Waals surface area contributed by atoms with E-state index in [1.165, 1.54) is 23.1 Å². The minimum atomic E-state index is -4.76. The predicted octanol–water partition coefficient (Wildman–Crippen LogP) is 3.30. The Morgan fingerprint density at radius 2 is 1.91 bits per heavy atom. The van der Waals surface area contributed by atoms with E-state index in [2.05, 4.69) is 9.89 Å². The number of piperidine rings is 1. The monoisotopic (exact) mass is 457 g/mol. The number of likely N-dealkylation sites (tertiary alicyclic amines) is 1. The standard InChI is InChI=1S/C20H22F3N3O6/c21-20(22,23)31-15-3-1-14(2-4-15)30-8-6-12-5-7-26(19(28)29)11-13(12)9-16-10-17(18(24)27)25-32-16/h1-4,10,12-13H,5-9,11H2,(H2,24,27)(H,28,29). The lowest BCUT2D eigenvalue weighted by molar-refractivity contribution is -0.274. The summed E-state index contributed by atoms with van der Waals surface area (Å²) in [7, 11) is 0. The van der Waals surface area contributed by atoms with Crippen molar-refractivity contribution in [1.29, 1.82) is 0 Å². The smallest absolute Gasteiger partial charge is 0.494 e. The fraction of sp³-hybridized carbons (Fsp3) is 0.450. The lowest BCUT2D eigenvalue weighted by Gasteiger charge is -2.37. The number of rotatable bonds is 8. The molecule has 1 aliphatic heterocycles. The first-order valence-corrected chi connectivity index (χ1v) is 9.82. The molecular weight excluding hydrogens is 435 g/mol. The van der Waals surface area contributed by atoms with E-state index >= 15 is 0 Å². The summed E-state index contributed by atoms with van der Waals surface area (Å²) >= 11 is 0. The number of carboxylic acid groups (broad SMARTS) is 1. The van der Waals surface area contributed by atoms with Crippen molar-refractivity contribution < 1.29 is 41.9 Å². The van der Waals surface area contributed by atoms with Crippen LogP contribution < -0.4 is 15.2 Å². The van der Waals surface area contributed by atoms with Crippen molar-refractivity contribution in [2.45, 2.75) is 25.6 Å². The van der Waals surface area contributed by atoms with Gasteiger partial charge >= 0.3 is 12.5 Å². The number of hydrogen-bond donors (Lipinski definition) is 2. The number of amides is 2. The Morgan fingerprint density at radius 3 is 2.50 bits per heavy atom. The third-order valence-corrected chi connectivity index (χ3v) is 5.25. The van der Waals surface area contributed by atoms with E-state index in [0.29, 0.717) is 37.3 Å². The molecule has 0 radical (unpaired) electrons. The van der Waals surface area contributed by atoms with E-state index in [1.807, 2.05) is 0 Å². The zero-order chi connectivity index (χ0) is 23.3. The lowest BCUT2D eigenvalue weighted by Crippen LogP contribution is -2.44. The Hall–Kier alpha value is -3.44. The molecule has 12 heteroatoms. The summed E-state index contributed by atoms with van der Waals surface area (Å²) < 4.78 is 51.3. The van der Waals surface area contributed by atoms with Gasteiger partial charge in [0.1, 0.15) is 17.3 Å². The van der Waals surface area contributed by atoms with E-state index in [1.54, 1.807) is 0 Å². The van der Waals surface area contributed by atoms with Crippen molar-refractivity contribution in [1.82, 2.24) is 10.1 Å². The molecule has 2 heterocycles. The second-order valence-corrected chi connectivity index (χ2v) is 7.44. The van der Waals surface area contributed by atoms with Gasteiger partial charge in [-0.25, -0.2) is 4.79 Å². The number of nitrogens with two attached hydrogens (primary N) is 1. The summed E-state index contributed by atoms with van der Waals surface area (Å²) in [6, 6.07) is 6.53. The number of aromatic nitrogens is 1. The number of benzene rings is 1. The van der Waals surface area contributed by atoms with Gasteiger partial charge in [-0.15, -0.1) is 13.2 Å². The maximum absolute atomic E-state index is 12.2. The van der Waals surface area contributed by atoms with Gasteiger partial charge in [-0.3, -0.25) is 4.79 Å². The van der Waals surface area contributed by atoms with Crippen LogP contribution >= 0.6 is 0 Å². The van der Waals surface area contributed by atoms with Crippen molar-refractivity contribution in [2.24, 2.45) is 17.6 Å². The first-order valence-electron chi connectivity index (χ1n) is 9.82. The lowest BCUT2D eigenvalue weighted by atomic mass is 9.81. The Balaban J connectivity index is 1.57. The molecule has 1 saturated heterocycles. The third-order valence-electron chi connectivity index (χ3n) is 5.25. The fourth-order valence-corrected chi connectivity index (χ4v) is 3.72. The molecular formula is C20H22F3N3O6. The number of halogens is 3. The summed E-state index contributed by atoms with van der Waals surface area (Å²) in [5, 5.41) is 12.9. The Bertz CT molecular complexity index is 931. The van der Waals surface area contributed by atoms with Crippen molar-refractivity contribution in [3.05, 3.63) is 41.8 Å². The molecule has 0 spiro atoms. The van der Waals surface area contributed by atoms with Gasteiger partial charge in [-0.1, -0.05) is 5.16 Å². The molecule has 9 nitrogen and oxygen atoms in total. The minimum absolute atomic E-state index is 0.00346. The van der Waals surface area contributed by atoms with E-state index in [-0.39, 0.29) is 36.4 Å². The van der Waals surface area contributed by atoms with Crippen LogP contribution in [0.25, 0.3) is 0 Å². The fourth-order valence-electron chi connectivity index (χ4n) is 3.72. The summed E-state index contributed by atoms with van der Waals surface area (Å²) in [5.74, 6) is -0.233. The van der Waals surface area contributed by atoms with Gasteiger partial charge in [0, 0.05) is 25.6 Å². The molecule has 0 aliphatic carbocycles. The van der Waals surface area contributed by atoms with Crippen molar-refractivity contribution in [3.8, 4) is 11.5 Å². The molecule has 2 amide bonds. The normalized spacial score (nSPS) is 18.9. The number of primary amides is 1. The van der Waals surface area contributed by atoms with E-state index in [4.69, 9.17) is 15.0 Å². The van der Waals surface area contributed by atoms with Gasteiger partial charge in [0.05, 0.1) is 6.61 Å². The highest BCUT2D eigenvalue weighted by molar-refractivity contribution is 5.90. The maximum Gasteiger partial charge on any atom is 0.573 e.